The summed E-state index contributed by atoms with van der Waals surface area (Å²) in [7, 11) is 0. The first-order chi connectivity index (χ1) is 4.04. The van der Waals surface area contributed by atoms with Crippen LogP contribution in [0.4, 0.5) is 0 Å². The zero-order valence-corrected chi connectivity index (χ0v) is 6.23. The molecule has 1 aliphatic carbocycles. The van der Waals surface area contributed by atoms with Gasteiger partial charge in [-0.05, 0) is 0 Å². The molecule has 0 saturated heterocycles. The quantitative estimate of drug-likeness (QED) is 0.455. The van der Waals surface area contributed by atoms with Crippen molar-refractivity contribution in [1.82, 2.24) is 0 Å². The van der Waals surface area contributed by atoms with Gasteiger partial charge >= 0.3 is 0 Å². The Hall–Kier alpha value is -0.320. The fraction of sp³-hybridized carbons (Fsp3) is 0.800. The normalized spacial score (nSPS) is 37.6. The summed E-state index contributed by atoms with van der Waals surface area (Å²) in [5, 5.41) is 8.74. The van der Waals surface area contributed by atoms with Crippen LogP contribution in [-0.4, -0.2) is 22.7 Å². The minimum absolute atomic E-state index is 0. The minimum atomic E-state index is -0.917. The van der Waals surface area contributed by atoms with Crippen molar-refractivity contribution >= 4 is 18.3 Å². The Bertz CT molecular complexity index is 145. The summed E-state index contributed by atoms with van der Waals surface area (Å²) >= 11 is 0. The van der Waals surface area contributed by atoms with Crippen LogP contribution in [0.1, 0.15) is 12.8 Å². The molecule has 0 aromatic heterocycles. The molecular formula is C5H11ClN2O2. The molecule has 1 saturated carbocycles. The van der Waals surface area contributed by atoms with Gasteiger partial charge in [0.1, 0.15) is 5.54 Å². The average molecular weight is 167 g/mol. The monoisotopic (exact) mass is 166 g/mol. The number of aliphatic hydroxyl groups is 1. The molecule has 1 fully saturated rings. The maximum Gasteiger partial charge on any atom is 0.237 e. The van der Waals surface area contributed by atoms with Crippen LogP contribution < -0.4 is 11.5 Å². The molecule has 0 bridgehead atoms. The Morgan fingerprint density at radius 3 is 2.10 bits per heavy atom. The van der Waals surface area contributed by atoms with Crippen LogP contribution in [0.2, 0.25) is 0 Å². The van der Waals surface area contributed by atoms with Gasteiger partial charge in [0.05, 0.1) is 6.10 Å². The van der Waals surface area contributed by atoms with Crippen LogP contribution in [0.3, 0.4) is 0 Å². The third-order valence-corrected chi connectivity index (χ3v) is 1.69. The van der Waals surface area contributed by atoms with E-state index in [0.717, 1.165) is 0 Å². The Labute approximate surface area is 65.0 Å². The maximum absolute atomic E-state index is 10.4. The van der Waals surface area contributed by atoms with Crippen molar-refractivity contribution in [2.24, 2.45) is 11.5 Å². The lowest BCUT2D eigenvalue weighted by Crippen LogP contribution is -2.62. The molecule has 5 heteroatoms. The van der Waals surface area contributed by atoms with Gasteiger partial charge in [-0.3, -0.25) is 4.79 Å². The summed E-state index contributed by atoms with van der Waals surface area (Å²) in [5.41, 5.74) is 9.40. The summed E-state index contributed by atoms with van der Waals surface area (Å²) < 4.78 is 0. The van der Waals surface area contributed by atoms with Crippen LogP contribution in [0.25, 0.3) is 0 Å². The van der Waals surface area contributed by atoms with E-state index in [0.29, 0.717) is 12.8 Å². The first-order valence-corrected chi connectivity index (χ1v) is 2.81. The van der Waals surface area contributed by atoms with Crippen molar-refractivity contribution in [2.75, 3.05) is 0 Å². The van der Waals surface area contributed by atoms with Gasteiger partial charge in [0.2, 0.25) is 5.91 Å². The van der Waals surface area contributed by atoms with Crippen molar-refractivity contribution in [3.63, 3.8) is 0 Å². The number of aliphatic hydroxyl groups excluding tert-OH is 1. The summed E-state index contributed by atoms with van der Waals surface area (Å²) in [6, 6.07) is 0. The lowest BCUT2D eigenvalue weighted by molar-refractivity contribution is -0.130. The molecule has 0 unspecified atom stereocenters. The van der Waals surface area contributed by atoms with E-state index in [4.69, 9.17) is 16.6 Å². The third-order valence-electron chi connectivity index (χ3n) is 1.69. The second-order valence-electron chi connectivity index (χ2n) is 2.58. The standard InChI is InChI=1S/C5H10N2O2.ClH/c6-4(9)5(7)1-3(8)2-5;/h3,8H,1-2,7H2,(H2,6,9);1H. The second-order valence-corrected chi connectivity index (χ2v) is 2.58. The average Bonchev–Trinajstić information content (AvgIpc) is 1.62. The number of hydrogen-bond donors (Lipinski definition) is 3. The fourth-order valence-corrected chi connectivity index (χ4v) is 0.982. The maximum atomic E-state index is 10.4. The number of halogens is 1. The Balaban J connectivity index is 0.000000810. The van der Waals surface area contributed by atoms with E-state index in [2.05, 4.69) is 0 Å². The molecule has 5 N–H and O–H groups in total. The summed E-state index contributed by atoms with van der Waals surface area (Å²) in [4.78, 5) is 10.4. The van der Waals surface area contributed by atoms with Gasteiger partial charge in [-0.15, -0.1) is 12.4 Å². The molecule has 10 heavy (non-hydrogen) atoms. The Morgan fingerprint density at radius 1 is 1.60 bits per heavy atom. The first-order valence-electron chi connectivity index (χ1n) is 2.81. The summed E-state index contributed by atoms with van der Waals surface area (Å²) in [6.45, 7) is 0. The Morgan fingerprint density at radius 2 is 2.00 bits per heavy atom. The van der Waals surface area contributed by atoms with Crippen molar-refractivity contribution in [3.8, 4) is 0 Å². The van der Waals surface area contributed by atoms with E-state index < -0.39 is 17.6 Å². The van der Waals surface area contributed by atoms with E-state index in [9.17, 15) is 4.79 Å². The predicted octanol–water partition coefficient (Wildman–Crippen LogP) is -1.25. The van der Waals surface area contributed by atoms with Gasteiger partial charge in [0.15, 0.2) is 0 Å². The summed E-state index contributed by atoms with van der Waals surface area (Å²) in [6.07, 6.45) is 0.187. The van der Waals surface area contributed by atoms with Crippen LogP contribution in [0, 0.1) is 0 Å². The van der Waals surface area contributed by atoms with E-state index in [1.54, 1.807) is 0 Å². The van der Waals surface area contributed by atoms with Gasteiger partial charge in [0, 0.05) is 12.8 Å². The number of nitrogens with two attached hydrogens (primary N) is 2. The molecule has 1 rings (SSSR count). The van der Waals surface area contributed by atoms with Gasteiger partial charge in [-0.2, -0.15) is 0 Å². The molecule has 1 amide bonds. The van der Waals surface area contributed by atoms with Gasteiger partial charge in [0.25, 0.3) is 0 Å². The molecule has 0 spiro atoms. The smallest absolute Gasteiger partial charge is 0.237 e. The topological polar surface area (TPSA) is 89.3 Å². The van der Waals surface area contributed by atoms with Crippen molar-refractivity contribution in [1.29, 1.82) is 0 Å². The number of carbonyl (C=O) groups excluding carboxylic acids is 1. The summed E-state index contributed by atoms with van der Waals surface area (Å²) in [5.74, 6) is -0.521. The second kappa shape index (κ2) is 2.74. The molecule has 4 nitrogen and oxygen atoms in total. The molecule has 0 atom stereocenters. The lowest BCUT2D eigenvalue weighted by atomic mass is 9.75. The van der Waals surface area contributed by atoms with Crippen LogP contribution in [-0.2, 0) is 4.79 Å². The molecule has 0 heterocycles. The SMILES string of the molecule is Cl.NC(=O)C1(N)CC(O)C1. The lowest BCUT2D eigenvalue weighted by Gasteiger charge is -2.38. The number of carbonyl (C=O) groups is 1. The number of primary amides is 1. The zero-order chi connectivity index (χ0) is 7.07. The number of rotatable bonds is 1. The van der Waals surface area contributed by atoms with Gasteiger partial charge in [-0.25, -0.2) is 0 Å². The highest BCUT2D eigenvalue weighted by atomic mass is 35.5. The van der Waals surface area contributed by atoms with Crippen LogP contribution in [0.5, 0.6) is 0 Å². The highest BCUT2D eigenvalue weighted by molar-refractivity contribution is 5.85. The van der Waals surface area contributed by atoms with Crippen molar-refractivity contribution in [3.05, 3.63) is 0 Å². The van der Waals surface area contributed by atoms with E-state index >= 15 is 0 Å². The first kappa shape index (κ1) is 9.68. The fourth-order valence-electron chi connectivity index (χ4n) is 0.982. The molecule has 1 aliphatic rings. The molecular weight excluding hydrogens is 156 g/mol. The predicted molar refractivity (Wildman–Crippen MR) is 38.6 cm³/mol. The Kier molecular flexibility index (Phi) is 2.65. The largest absolute Gasteiger partial charge is 0.393 e. The third kappa shape index (κ3) is 1.39. The van der Waals surface area contributed by atoms with Gasteiger partial charge in [-0.1, -0.05) is 0 Å². The van der Waals surface area contributed by atoms with Crippen molar-refractivity contribution < 1.29 is 9.90 Å². The van der Waals surface area contributed by atoms with Crippen LogP contribution in [0.15, 0.2) is 0 Å². The highest BCUT2D eigenvalue weighted by Crippen LogP contribution is 2.28. The molecule has 0 aromatic carbocycles. The number of amides is 1. The van der Waals surface area contributed by atoms with E-state index in [-0.39, 0.29) is 12.4 Å². The zero-order valence-electron chi connectivity index (χ0n) is 5.41. The minimum Gasteiger partial charge on any atom is -0.393 e. The molecule has 0 aliphatic heterocycles. The molecule has 0 aromatic rings. The molecule has 60 valence electrons. The van der Waals surface area contributed by atoms with Crippen molar-refractivity contribution in [2.45, 2.75) is 24.5 Å². The number of hydrogen-bond acceptors (Lipinski definition) is 3. The molecule has 0 radical (unpaired) electrons. The highest BCUT2D eigenvalue weighted by Gasteiger charge is 2.44. The van der Waals surface area contributed by atoms with Crippen LogP contribution >= 0.6 is 12.4 Å². The van der Waals surface area contributed by atoms with Gasteiger partial charge < -0.3 is 16.6 Å². The van der Waals surface area contributed by atoms with E-state index in [1.807, 2.05) is 0 Å². The van der Waals surface area contributed by atoms with E-state index in [1.165, 1.54) is 0 Å².